The van der Waals surface area contributed by atoms with Gasteiger partial charge in [0.05, 0.1) is 15.1 Å². The van der Waals surface area contributed by atoms with Crippen molar-refractivity contribution in [1.29, 1.82) is 0 Å². The average molecular weight is 457 g/mol. The van der Waals surface area contributed by atoms with Crippen LogP contribution in [0.2, 0.25) is 5.02 Å². The first-order valence-corrected chi connectivity index (χ1v) is 7.29. The van der Waals surface area contributed by atoms with Gasteiger partial charge in [0.1, 0.15) is 11.6 Å². The van der Waals surface area contributed by atoms with Crippen molar-refractivity contribution < 1.29 is 13.6 Å². The lowest BCUT2D eigenvalue weighted by Crippen LogP contribution is -2.05. The molecule has 0 aliphatic rings. The molecule has 0 spiro atoms. The summed E-state index contributed by atoms with van der Waals surface area (Å²) in [6.07, 6.45) is 0. The predicted molar refractivity (Wildman–Crippen MR) is 81.7 cm³/mol. The van der Waals surface area contributed by atoms with Crippen LogP contribution in [0, 0.1) is 15.2 Å². The van der Waals surface area contributed by atoms with E-state index in [9.17, 15) is 13.6 Å². The Balaban J connectivity index is 2.49. The highest BCUT2D eigenvalue weighted by atomic mass is 127. The molecule has 0 fully saturated rings. The van der Waals surface area contributed by atoms with E-state index in [1.54, 1.807) is 6.07 Å². The zero-order valence-electron chi connectivity index (χ0n) is 9.18. The van der Waals surface area contributed by atoms with Gasteiger partial charge in [-0.2, -0.15) is 0 Å². The lowest BCUT2D eigenvalue weighted by molar-refractivity contribution is 0.103. The fourth-order valence-electron chi connectivity index (χ4n) is 1.49. The normalized spacial score (nSPS) is 10.6. The molecule has 2 aromatic carbocycles. The molecule has 0 aliphatic heterocycles. The van der Waals surface area contributed by atoms with Gasteiger partial charge in [-0.15, -0.1) is 0 Å². The lowest BCUT2D eigenvalue weighted by atomic mass is 10.0. The smallest absolute Gasteiger partial charge is 0.196 e. The molecule has 0 N–H and O–H groups in total. The van der Waals surface area contributed by atoms with Gasteiger partial charge in [-0.1, -0.05) is 11.6 Å². The summed E-state index contributed by atoms with van der Waals surface area (Å²) in [5, 5.41) is 0.393. The number of ketones is 1. The van der Waals surface area contributed by atoms with Gasteiger partial charge < -0.3 is 0 Å². The second kappa shape index (κ2) is 5.85. The Kier molecular flexibility index (Phi) is 4.58. The van der Waals surface area contributed by atoms with E-state index in [1.165, 1.54) is 12.1 Å². The summed E-state index contributed by atoms with van der Waals surface area (Å²) in [5.41, 5.74) is -0.107. The number of hydrogen-bond acceptors (Lipinski definition) is 1. The van der Waals surface area contributed by atoms with Crippen LogP contribution in [0.15, 0.2) is 34.8 Å². The quantitative estimate of drug-likeness (QED) is 0.344. The summed E-state index contributed by atoms with van der Waals surface area (Å²) in [6.45, 7) is 0. The number of carbonyl (C=O) groups is 1. The summed E-state index contributed by atoms with van der Waals surface area (Å²) in [4.78, 5) is 12.1. The standard InChI is InChI=1S/C13H5BrClF2IO/c14-8-5-10(16)7(4-11(8)17)13(19)6-1-2-12(18)9(15)3-6/h1-5H. The number of hydrogen-bond donors (Lipinski definition) is 0. The zero-order chi connectivity index (χ0) is 14.2. The van der Waals surface area contributed by atoms with Crippen molar-refractivity contribution in [1.82, 2.24) is 0 Å². The van der Waals surface area contributed by atoms with Crippen LogP contribution in [0.25, 0.3) is 0 Å². The Morgan fingerprint density at radius 2 is 1.84 bits per heavy atom. The Morgan fingerprint density at radius 3 is 2.47 bits per heavy atom. The van der Waals surface area contributed by atoms with E-state index in [0.717, 1.165) is 15.7 Å². The fourth-order valence-corrected chi connectivity index (χ4v) is 2.32. The molecule has 98 valence electrons. The van der Waals surface area contributed by atoms with Crippen LogP contribution in [0.3, 0.4) is 0 Å². The van der Waals surface area contributed by atoms with Crippen molar-refractivity contribution in [2.45, 2.75) is 0 Å². The Morgan fingerprint density at radius 1 is 1.16 bits per heavy atom. The first-order chi connectivity index (χ1) is 8.90. The minimum Gasteiger partial charge on any atom is -0.288 e. The van der Waals surface area contributed by atoms with Gasteiger partial charge in [0, 0.05) is 9.13 Å². The third kappa shape index (κ3) is 3.14. The third-order valence-corrected chi connectivity index (χ3v) is 4.62. The van der Waals surface area contributed by atoms with Crippen LogP contribution in [0.4, 0.5) is 8.78 Å². The minimum atomic E-state index is -0.784. The van der Waals surface area contributed by atoms with Crippen molar-refractivity contribution in [2.24, 2.45) is 0 Å². The van der Waals surface area contributed by atoms with Crippen LogP contribution >= 0.6 is 50.1 Å². The second-order valence-corrected chi connectivity index (χ2v) is 6.13. The summed E-state index contributed by atoms with van der Waals surface area (Å²) in [5.74, 6) is -2.09. The molecule has 19 heavy (non-hydrogen) atoms. The topological polar surface area (TPSA) is 17.1 Å². The van der Waals surface area contributed by atoms with E-state index in [1.807, 2.05) is 22.6 Å². The molecule has 0 radical (unpaired) electrons. The minimum absolute atomic E-state index is 0.0257. The van der Waals surface area contributed by atoms with E-state index >= 15 is 0 Å². The van der Waals surface area contributed by atoms with E-state index in [4.69, 9.17) is 11.6 Å². The van der Waals surface area contributed by atoms with Crippen LogP contribution in [-0.4, -0.2) is 5.78 Å². The van der Waals surface area contributed by atoms with Gasteiger partial charge in [-0.3, -0.25) is 4.79 Å². The molecule has 2 rings (SSSR count). The molecule has 0 saturated heterocycles. The second-order valence-electron chi connectivity index (χ2n) is 3.70. The highest BCUT2D eigenvalue weighted by Crippen LogP contribution is 2.24. The van der Waals surface area contributed by atoms with Gasteiger partial charge in [-0.25, -0.2) is 8.78 Å². The third-order valence-electron chi connectivity index (χ3n) is 2.44. The zero-order valence-corrected chi connectivity index (χ0v) is 13.7. The molecule has 0 aromatic heterocycles. The van der Waals surface area contributed by atoms with Gasteiger partial charge in [-0.05, 0) is 68.9 Å². The largest absolute Gasteiger partial charge is 0.288 e. The Bertz CT molecular complexity index is 676. The van der Waals surface area contributed by atoms with Crippen LogP contribution in [0.5, 0.6) is 0 Å². The van der Waals surface area contributed by atoms with Crippen molar-refractivity contribution >= 4 is 55.9 Å². The lowest BCUT2D eigenvalue weighted by Gasteiger charge is -2.05. The molecule has 0 aliphatic carbocycles. The molecule has 0 unspecified atom stereocenters. The van der Waals surface area contributed by atoms with Crippen molar-refractivity contribution in [3.63, 3.8) is 0 Å². The summed E-state index contributed by atoms with van der Waals surface area (Å²) >= 11 is 10.8. The predicted octanol–water partition coefficient (Wildman–Crippen LogP) is 5.22. The van der Waals surface area contributed by atoms with E-state index in [-0.39, 0.29) is 15.6 Å². The summed E-state index contributed by atoms with van der Waals surface area (Å²) in [7, 11) is 0. The Labute approximate surface area is 135 Å². The molecule has 0 saturated carbocycles. The number of rotatable bonds is 2. The molecule has 6 heteroatoms. The first kappa shape index (κ1) is 14.9. The molecule has 0 bridgehead atoms. The van der Waals surface area contributed by atoms with Crippen molar-refractivity contribution in [3.8, 4) is 0 Å². The number of carbonyl (C=O) groups excluding carboxylic acids is 1. The highest BCUT2D eigenvalue weighted by molar-refractivity contribution is 14.1. The summed E-state index contributed by atoms with van der Waals surface area (Å²) < 4.78 is 27.8. The number of halogens is 5. The van der Waals surface area contributed by atoms with E-state index in [0.29, 0.717) is 5.02 Å². The summed E-state index contributed by atoms with van der Waals surface area (Å²) in [6, 6.07) is 6.40. The fraction of sp³-hybridized carbons (Fsp3) is 0. The first-order valence-electron chi connectivity index (χ1n) is 5.04. The maximum atomic E-state index is 13.7. The van der Waals surface area contributed by atoms with E-state index < -0.39 is 17.4 Å². The molecule has 0 atom stereocenters. The van der Waals surface area contributed by atoms with Gasteiger partial charge in [0.2, 0.25) is 0 Å². The van der Waals surface area contributed by atoms with Crippen molar-refractivity contribution in [3.05, 3.63) is 66.2 Å². The monoisotopic (exact) mass is 456 g/mol. The maximum Gasteiger partial charge on any atom is 0.196 e. The number of benzene rings is 2. The maximum absolute atomic E-state index is 13.7. The average Bonchev–Trinajstić information content (AvgIpc) is 2.36. The molecule has 1 nitrogen and oxygen atoms in total. The van der Waals surface area contributed by atoms with Crippen LogP contribution < -0.4 is 0 Å². The SMILES string of the molecule is O=C(c1ccc(I)c(Cl)c1)c1cc(F)c(Br)cc1F. The molecular formula is C13H5BrClF2IO. The van der Waals surface area contributed by atoms with Crippen LogP contribution in [-0.2, 0) is 0 Å². The van der Waals surface area contributed by atoms with Gasteiger partial charge in [0.25, 0.3) is 0 Å². The van der Waals surface area contributed by atoms with E-state index in [2.05, 4.69) is 15.9 Å². The Hall–Kier alpha value is -0.530. The van der Waals surface area contributed by atoms with Gasteiger partial charge in [0.15, 0.2) is 5.78 Å². The molecular weight excluding hydrogens is 452 g/mol. The molecule has 2 aromatic rings. The van der Waals surface area contributed by atoms with Gasteiger partial charge >= 0.3 is 0 Å². The van der Waals surface area contributed by atoms with Crippen molar-refractivity contribution in [2.75, 3.05) is 0 Å². The molecule has 0 heterocycles. The van der Waals surface area contributed by atoms with Crippen LogP contribution in [0.1, 0.15) is 15.9 Å². The molecule has 0 amide bonds. The highest BCUT2D eigenvalue weighted by Gasteiger charge is 2.17.